The molecule has 2 nitrogen and oxygen atoms in total. The molecule has 1 saturated heterocycles. The maximum Gasteiger partial charge on any atom is 0.0590 e. The molecule has 94 valence electrons. The molecule has 1 N–H and O–H groups in total. The zero-order chi connectivity index (χ0) is 11.6. The minimum Gasteiger partial charge on any atom is -0.378 e. The van der Waals surface area contributed by atoms with Crippen LogP contribution in [0.5, 0.6) is 0 Å². The van der Waals surface area contributed by atoms with Gasteiger partial charge >= 0.3 is 0 Å². The van der Waals surface area contributed by atoms with E-state index in [1.54, 1.807) is 0 Å². The second kappa shape index (κ2) is 8.77. The van der Waals surface area contributed by atoms with Crippen molar-refractivity contribution in [2.24, 2.45) is 0 Å². The Morgan fingerprint density at radius 2 is 2.38 bits per heavy atom. The number of unbranched alkanes of at least 4 members (excludes halogenated alkanes) is 1. The Hall–Kier alpha value is -0.340. The Morgan fingerprint density at radius 1 is 1.50 bits per heavy atom. The Morgan fingerprint density at radius 3 is 3.00 bits per heavy atom. The van der Waals surface area contributed by atoms with Crippen molar-refractivity contribution in [3.63, 3.8) is 0 Å². The molecule has 2 atom stereocenters. The van der Waals surface area contributed by atoms with Gasteiger partial charge in [-0.2, -0.15) is 0 Å². The first-order valence-electron chi connectivity index (χ1n) is 6.82. The fraction of sp³-hybridized carbons (Fsp3) is 0.857. The lowest BCUT2D eigenvalue weighted by atomic mass is 9.98. The van der Waals surface area contributed by atoms with Crippen molar-refractivity contribution in [1.29, 1.82) is 0 Å². The highest BCUT2D eigenvalue weighted by molar-refractivity contribution is 4.76. The SMILES string of the molecule is C=CCCCC(CC1CCCCO1)NCC. The number of ether oxygens (including phenoxy) is 1. The number of rotatable bonds is 8. The van der Waals surface area contributed by atoms with E-state index in [4.69, 9.17) is 4.74 Å². The van der Waals surface area contributed by atoms with Gasteiger partial charge in [-0.1, -0.05) is 13.0 Å². The summed E-state index contributed by atoms with van der Waals surface area (Å²) in [4.78, 5) is 0. The van der Waals surface area contributed by atoms with E-state index in [-0.39, 0.29) is 0 Å². The molecule has 0 aromatic carbocycles. The zero-order valence-corrected chi connectivity index (χ0v) is 10.7. The standard InChI is InChI=1S/C14H27NO/c1-3-5-6-9-13(15-4-2)12-14-10-7-8-11-16-14/h3,13-15H,1,4-12H2,2H3. The van der Waals surface area contributed by atoms with Gasteiger partial charge in [-0.3, -0.25) is 0 Å². The van der Waals surface area contributed by atoms with Gasteiger partial charge in [0.2, 0.25) is 0 Å². The van der Waals surface area contributed by atoms with Crippen molar-refractivity contribution in [3.05, 3.63) is 12.7 Å². The van der Waals surface area contributed by atoms with Crippen LogP contribution in [0.1, 0.15) is 51.9 Å². The monoisotopic (exact) mass is 225 g/mol. The van der Waals surface area contributed by atoms with Gasteiger partial charge in [0.25, 0.3) is 0 Å². The zero-order valence-electron chi connectivity index (χ0n) is 10.7. The average molecular weight is 225 g/mol. The van der Waals surface area contributed by atoms with Crippen molar-refractivity contribution in [2.75, 3.05) is 13.2 Å². The molecule has 1 aliphatic heterocycles. The predicted octanol–water partition coefficient (Wildman–Crippen LogP) is 3.28. The van der Waals surface area contributed by atoms with E-state index in [9.17, 15) is 0 Å². The molecule has 2 unspecified atom stereocenters. The molecule has 1 fully saturated rings. The quantitative estimate of drug-likeness (QED) is 0.505. The van der Waals surface area contributed by atoms with Crippen LogP contribution in [-0.4, -0.2) is 25.3 Å². The summed E-state index contributed by atoms with van der Waals surface area (Å²) in [6, 6.07) is 0.632. The summed E-state index contributed by atoms with van der Waals surface area (Å²) in [6.07, 6.45) is 11.2. The third-order valence-electron chi connectivity index (χ3n) is 3.28. The van der Waals surface area contributed by atoms with Crippen LogP contribution in [0.25, 0.3) is 0 Å². The van der Waals surface area contributed by atoms with E-state index in [1.165, 1.54) is 38.5 Å². The van der Waals surface area contributed by atoms with Gasteiger partial charge in [-0.15, -0.1) is 6.58 Å². The lowest BCUT2D eigenvalue weighted by Gasteiger charge is -2.27. The maximum atomic E-state index is 5.80. The predicted molar refractivity (Wildman–Crippen MR) is 69.7 cm³/mol. The third kappa shape index (κ3) is 5.66. The highest BCUT2D eigenvalue weighted by Gasteiger charge is 2.18. The summed E-state index contributed by atoms with van der Waals surface area (Å²) < 4.78 is 5.80. The van der Waals surface area contributed by atoms with Gasteiger partial charge in [0.05, 0.1) is 6.10 Å². The summed E-state index contributed by atoms with van der Waals surface area (Å²) in [6.45, 7) is 7.99. The van der Waals surface area contributed by atoms with Crippen LogP contribution in [0, 0.1) is 0 Å². The largest absolute Gasteiger partial charge is 0.378 e. The first-order chi connectivity index (χ1) is 7.86. The van der Waals surface area contributed by atoms with Crippen LogP contribution in [0.4, 0.5) is 0 Å². The highest BCUT2D eigenvalue weighted by Crippen LogP contribution is 2.19. The average Bonchev–Trinajstić information content (AvgIpc) is 2.31. The van der Waals surface area contributed by atoms with Gasteiger partial charge in [-0.05, 0) is 51.5 Å². The summed E-state index contributed by atoms with van der Waals surface area (Å²) in [5.41, 5.74) is 0. The molecule has 0 saturated carbocycles. The Bertz CT molecular complexity index is 176. The lowest BCUT2D eigenvalue weighted by Crippen LogP contribution is -2.34. The van der Waals surface area contributed by atoms with Crippen molar-refractivity contribution >= 4 is 0 Å². The van der Waals surface area contributed by atoms with E-state index in [2.05, 4.69) is 18.8 Å². The van der Waals surface area contributed by atoms with Gasteiger partial charge < -0.3 is 10.1 Å². The Labute approximate surface area is 100 Å². The minimum atomic E-state index is 0.501. The summed E-state index contributed by atoms with van der Waals surface area (Å²) >= 11 is 0. The molecule has 0 spiro atoms. The van der Waals surface area contributed by atoms with E-state index in [0.717, 1.165) is 19.6 Å². The van der Waals surface area contributed by atoms with Gasteiger partial charge in [0, 0.05) is 12.6 Å². The van der Waals surface area contributed by atoms with Crippen molar-refractivity contribution < 1.29 is 4.74 Å². The van der Waals surface area contributed by atoms with Crippen molar-refractivity contribution in [1.82, 2.24) is 5.32 Å². The topological polar surface area (TPSA) is 21.3 Å². The molecule has 0 aromatic heterocycles. The molecule has 0 aliphatic carbocycles. The molecule has 2 heteroatoms. The van der Waals surface area contributed by atoms with Gasteiger partial charge in [-0.25, -0.2) is 0 Å². The first-order valence-corrected chi connectivity index (χ1v) is 6.82. The highest BCUT2D eigenvalue weighted by atomic mass is 16.5. The Balaban J connectivity index is 2.21. The fourth-order valence-electron chi connectivity index (χ4n) is 2.41. The molecule has 0 radical (unpaired) electrons. The van der Waals surface area contributed by atoms with E-state index >= 15 is 0 Å². The summed E-state index contributed by atoms with van der Waals surface area (Å²) in [5, 5.41) is 3.57. The third-order valence-corrected chi connectivity index (χ3v) is 3.28. The molecule has 1 rings (SSSR count). The number of hydrogen-bond acceptors (Lipinski definition) is 2. The molecule has 0 bridgehead atoms. The second-order valence-corrected chi connectivity index (χ2v) is 4.70. The number of hydrogen-bond donors (Lipinski definition) is 1. The Kier molecular flexibility index (Phi) is 7.52. The normalized spacial score (nSPS) is 22.9. The fourth-order valence-corrected chi connectivity index (χ4v) is 2.41. The molecular weight excluding hydrogens is 198 g/mol. The van der Waals surface area contributed by atoms with Crippen LogP contribution in [0.15, 0.2) is 12.7 Å². The second-order valence-electron chi connectivity index (χ2n) is 4.70. The molecule has 1 heterocycles. The van der Waals surface area contributed by atoms with Crippen LogP contribution in [-0.2, 0) is 4.74 Å². The van der Waals surface area contributed by atoms with Crippen LogP contribution >= 0.6 is 0 Å². The maximum absolute atomic E-state index is 5.80. The van der Waals surface area contributed by atoms with Gasteiger partial charge in [0.1, 0.15) is 0 Å². The molecule has 1 aliphatic rings. The van der Waals surface area contributed by atoms with E-state index in [0.29, 0.717) is 12.1 Å². The smallest absolute Gasteiger partial charge is 0.0590 e. The molecule has 0 amide bonds. The summed E-state index contributed by atoms with van der Waals surface area (Å²) in [5.74, 6) is 0. The molecule has 16 heavy (non-hydrogen) atoms. The number of nitrogens with one attached hydrogen (secondary N) is 1. The molecule has 0 aromatic rings. The number of allylic oxidation sites excluding steroid dienone is 1. The minimum absolute atomic E-state index is 0.501. The van der Waals surface area contributed by atoms with Crippen LogP contribution in [0.2, 0.25) is 0 Å². The van der Waals surface area contributed by atoms with E-state index in [1.807, 2.05) is 6.08 Å². The lowest BCUT2D eigenvalue weighted by molar-refractivity contribution is 0.00472. The van der Waals surface area contributed by atoms with Crippen molar-refractivity contribution in [2.45, 2.75) is 64.0 Å². The van der Waals surface area contributed by atoms with Crippen LogP contribution in [0.3, 0.4) is 0 Å². The summed E-state index contributed by atoms with van der Waals surface area (Å²) in [7, 11) is 0. The molecular formula is C14H27NO. The van der Waals surface area contributed by atoms with Crippen LogP contribution < -0.4 is 5.32 Å². The van der Waals surface area contributed by atoms with Crippen molar-refractivity contribution in [3.8, 4) is 0 Å². The first kappa shape index (κ1) is 13.7. The van der Waals surface area contributed by atoms with E-state index < -0.39 is 0 Å². The van der Waals surface area contributed by atoms with Gasteiger partial charge in [0.15, 0.2) is 0 Å².